The molecule has 130 valence electrons. The van der Waals surface area contributed by atoms with Gasteiger partial charge in [0.25, 0.3) is 5.91 Å². The van der Waals surface area contributed by atoms with Crippen molar-refractivity contribution in [2.75, 3.05) is 18.6 Å². The summed E-state index contributed by atoms with van der Waals surface area (Å²) >= 11 is 3.39. The van der Waals surface area contributed by atoms with E-state index in [1.807, 2.05) is 24.3 Å². The molecule has 1 fully saturated rings. The molecule has 0 saturated carbocycles. The third-order valence-electron chi connectivity index (χ3n) is 4.05. The average molecular weight is 404 g/mol. The maximum Gasteiger partial charge on any atom is 0.270 e. The zero-order chi connectivity index (χ0) is 17.8. The molecule has 2 amide bonds. The van der Waals surface area contributed by atoms with Crippen LogP contribution in [0.25, 0.3) is 0 Å². The van der Waals surface area contributed by atoms with Gasteiger partial charge >= 0.3 is 0 Å². The van der Waals surface area contributed by atoms with Crippen LogP contribution in [0.1, 0.15) is 23.3 Å². The Labute approximate surface area is 154 Å². The van der Waals surface area contributed by atoms with E-state index in [0.717, 1.165) is 16.6 Å². The zero-order valence-corrected chi connectivity index (χ0v) is 15.3. The van der Waals surface area contributed by atoms with Gasteiger partial charge in [0.1, 0.15) is 11.7 Å². The summed E-state index contributed by atoms with van der Waals surface area (Å²) < 4.78 is 5.98. The number of rotatable bonds is 4. The molecule has 0 aliphatic carbocycles. The number of ether oxygens (including phenoxy) is 1. The van der Waals surface area contributed by atoms with Gasteiger partial charge in [0.2, 0.25) is 11.8 Å². The van der Waals surface area contributed by atoms with Gasteiger partial charge in [-0.2, -0.15) is 0 Å². The summed E-state index contributed by atoms with van der Waals surface area (Å²) in [5, 5.41) is 2.79. The summed E-state index contributed by atoms with van der Waals surface area (Å²) in [7, 11) is 1.49. The smallest absolute Gasteiger partial charge is 0.270 e. The quantitative estimate of drug-likeness (QED) is 0.851. The number of hydrogen-bond acceptors (Lipinski definition) is 4. The number of piperidine rings is 1. The normalized spacial score (nSPS) is 17.3. The van der Waals surface area contributed by atoms with Crippen LogP contribution < -0.4 is 15.0 Å². The molecule has 25 heavy (non-hydrogen) atoms. The largest absolute Gasteiger partial charge is 0.481 e. The van der Waals surface area contributed by atoms with Crippen molar-refractivity contribution in [2.45, 2.75) is 18.9 Å². The Hall–Kier alpha value is -2.41. The highest BCUT2D eigenvalue weighted by atomic mass is 79.9. The van der Waals surface area contributed by atoms with Crippen molar-refractivity contribution in [3.05, 3.63) is 52.6 Å². The molecule has 1 unspecified atom stereocenters. The lowest BCUT2D eigenvalue weighted by Gasteiger charge is -2.32. The number of methoxy groups -OCH3 is 1. The summed E-state index contributed by atoms with van der Waals surface area (Å²) in [6.07, 6.45) is 1.43. The lowest BCUT2D eigenvalue weighted by atomic mass is 10.0. The van der Waals surface area contributed by atoms with Gasteiger partial charge in [-0.3, -0.25) is 9.59 Å². The summed E-state index contributed by atoms with van der Waals surface area (Å²) in [6, 6.07) is 12.0. The minimum absolute atomic E-state index is 0.107. The molecular weight excluding hydrogens is 386 g/mol. The van der Waals surface area contributed by atoms with Crippen LogP contribution in [0, 0.1) is 0 Å². The first-order valence-electron chi connectivity index (χ1n) is 7.97. The monoisotopic (exact) mass is 403 g/mol. The fraction of sp³-hybridized carbons (Fsp3) is 0.278. The van der Waals surface area contributed by atoms with Gasteiger partial charge in [-0.25, -0.2) is 4.98 Å². The molecule has 1 atom stereocenters. The van der Waals surface area contributed by atoms with Gasteiger partial charge in [-0.15, -0.1) is 0 Å². The molecule has 3 rings (SSSR count). The van der Waals surface area contributed by atoms with Crippen LogP contribution in [0.5, 0.6) is 5.88 Å². The van der Waals surface area contributed by atoms with Crippen LogP contribution >= 0.6 is 15.9 Å². The Bertz CT molecular complexity index is 779. The van der Waals surface area contributed by atoms with Crippen LogP contribution in [0.3, 0.4) is 0 Å². The Kier molecular flexibility index (Phi) is 5.33. The van der Waals surface area contributed by atoms with Gasteiger partial charge in [-0.05, 0) is 43.2 Å². The van der Waals surface area contributed by atoms with Gasteiger partial charge in [0, 0.05) is 22.8 Å². The molecule has 1 aromatic carbocycles. The van der Waals surface area contributed by atoms with E-state index in [0.29, 0.717) is 18.8 Å². The molecular formula is C18H18BrN3O3. The molecule has 7 heteroatoms. The molecule has 1 aliphatic heterocycles. The number of nitrogens with zero attached hydrogens (tertiary/aromatic N) is 2. The van der Waals surface area contributed by atoms with Gasteiger partial charge in [-0.1, -0.05) is 22.0 Å². The highest BCUT2D eigenvalue weighted by molar-refractivity contribution is 9.10. The summed E-state index contributed by atoms with van der Waals surface area (Å²) in [6.45, 7) is 0.643. The number of carbonyl (C=O) groups is 2. The molecule has 1 aliphatic rings. The number of amides is 2. The predicted octanol–water partition coefficient (Wildman–Crippen LogP) is 2.78. The van der Waals surface area contributed by atoms with Crippen molar-refractivity contribution in [3.8, 4) is 5.88 Å². The van der Waals surface area contributed by atoms with Gasteiger partial charge < -0.3 is 15.0 Å². The molecule has 1 saturated heterocycles. The minimum Gasteiger partial charge on any atom is -0.481 e. The van der Waals surface area contributed by atoms with E-state index in [4.69, 9.17) is 4.74 Å². The molecule has 0 spiro atoms. The second-order valence-corrected chi connectivity index (χ2v) is 6.62. The number of hydrogen-bond donors (Lipinski definition) is 1. The van der Waals surface area contributed by atoms with Crippen LogP contribution in [0.15, 0.2) is 46.9 Å². The second kappa shape index (κ2) is 7.65. The van der Waals surface area contributed by atoms with Crippen LogP contribution in [0.2, 0.25) is 0 Å². The first-order valence-corrected chi connectivity index (χ1v) is 8.76. The number of benzene rings is 1. The number of nitrogens with one attached hydrogen (secondary N) is 1. The summed E-state index contributed by atoms with van der Waals surface area (Å²) in [5.41, 5.74) is 1.06. The Morgan fingerprint density at radius 2 is 2.04 bits per heavy atom. The Balaban J connectivity index is 1.72. The lowest BCUT2D eigenvalue weighted by molar-refractivity contribution is -0.121. The molecule has 0 radical (unpaired) electrons. The fourth-order valence-electron chi connectivity index (χ4n) is 2.77. The van der Waals surface area contributed by atoms with Crippen molar-refractivity contribution in [1.82, 2.24) is 10.3 Å². The average Bonchev–Trinajstić information content (AvgIpc) is 2.64. The predicted molar refractivity (Wildman–Crippen MR) is 97.8 cm³/mol. The highest BCUT2D eigenvalue weighted by Crippen LogP contribution is 2.23. The van der Waals surface area contributed by atoms with Gasteiger partial charge in [0.15, 0.2) is 0 Å². The SMILES string of the molecule is COc1cccc(C(=O)NC2CCCN(c3ccc(Br)cc3)C2=O)n1. The molecule has 1 N–H and O–H groups in total. The van der Waals surface area contributed by atoms with Crippen molar-refractivity contribution in [1.29, 1.82) is 0 Å². The number of aromatic nitrogens is 1. The van der Waals surface area contributed by atoms with E-state index in [1.165, 1.54) is 7.11 Å². The standard InChI is InChI=1S/C18H18BrN3O3/c1-25-16-6-2-4-14(20-16)17(23)21-15-5-3-11-22(18(15)24)13-9-7-12(19)8-10-13/h2,4,6-10,15H,3,5,11H2,1H3,(H,21,23). The first-order chi connectivity index (χ1) is 12.1. The minimum atomic E-state index is -0.558. The van der Waals surface area contributed by atoms with Crippen LogP contribution in [-0.2, 0) is 4.79 Å². The molecule has 0 bridgehead atoms. The summed E-state index contributed by atoms with van der Waals surface area (Å²) in [4.78, 5) is 31.0. The number of halogens is 1. The Morgan fingerprint density at radius 1 is 1.28 bits per heavy atom. The second-order valence-electron chi connectivity index (χ2n) is 5.70. The topological polar surface area (TPSA) is 71.5 Å². The van der Waals surface area contributed by atoms with Gasteiger partial charge in [0.05, 0.1) is 7.11 Å². The van der Waals surface area contributed by atoms with Crippen molar-refractivity contribution in [3.63, 3.8) is 0 Å². The maximum atomic E-state index is 12.8. The van der Waals surface area contributed by atoms with Crippen LogP contribution in [-0.4, -0.2) is 36.5 Å². The molecule has 6 nitrogen and oxygen atoms in total. The summed E-state index contributed by atoms with van der Waals surface area (Å²) in [5.74, 6) is -0.126. The zero-order valence-electron chi connectivity index (χ0n) is 13.7. The third kappa shape index (κ3) is 3.99. The van der Waals surface area contributed by atoms with Crippen molar-refractivity contribution in [2.24, 2.45) is 0 Å². The van der Waals surface area contributed by atoms with Crippen molar-refractivity contribution < 1.29 is 14.3 Å². The van der Waals surface area contributed by atoms with E-state index in [-0.39, 0.29) is 17.5 Å². The van der Waals surface area contributed by atoms with Crippen molar-refractivity contribution >= 4 is 33.4 Å². The highest BCUT2D eigenvalue weighted by Gasteiger charge is 2.31. The number of pyridine rings is 1. The number of carbonyl (C=O) groups excluding carboxylic acids is 2. The van der Waals surface area contributed by atoms with E-state index in [9.17, 15) is 9.59 Å². The maximum absolute atomic E-state index is 12.8. The first kappa shape index (κ1) is 17.4. The molecule has 1 aromatic heterocycles. The van der Waals surface area contributed by atoms with Crippen LogP contribution in [0.4, 0.5) is 5.69 Å². The van der Waals surface area contributed by atoms with E-state index < -0.39 is 6.04 Å². The van der Waals surface area contributed by atoms with E-state index >= 15 is 0 Å². The number of anilines is 1. The third-order valence-corrected chi connectivity index (χ3v) is 4.58. The Morgan fingerprint density at radius 3 is 2.76 bits per heavy atom. The van der Waals surface area contributed by atoms with E-state index in [1.54, 1.807) is 23.1 Å². The molecule has 2 aromatic rings. The lowest BCUT2D eigenvalue weighted by Crippen LogP contribution is -2.52. The molecule has 2 heterocycles. The fourth-order valence-corrected chi connectivity index (χ4v) is 3.04. The van der Waals surface area contributed by atoms with E-state index in [2.05, 4.69) is 26.2 Å².